The summed E-state index contributed by atoms with van der Waals surface area (Å²) in [5.74, 6) is 1.08. The molecule has 4 amide bonds. The highest BCUT2D eigenvalue weighted by molar-refractivity contribution is 6.05. The zero-order valence-corrected chi connectivity index (χ0v) is 20.4. The van der Waals surface area contributed by atoms with E-state index in [1.165, 1.54) is 32.8 Å². The minimum atomic E-state index is -0.833. The number of ether oxygens (including phenoxy) is 2. The first-order chi connectivity index (χ1) is 16.4. The standard InChI is InChI=1S/C25H36N4O5/c1-27(16-18-7-6-12-28-11-5-4-8-20(18)28)23(30)14-19-24(31)29(25(32)26-19)15-17-9-10-21(33-2)22(13-17)34-3/h9-10,13,18-20H,4-8,11-12,14-16H2,1-3H3,(H,26,32). The number of imide groups is 1. The lowest BCUT2D eigenvalue weighted by atomic mass is 9.83. The average molecular weight is 473 g/mol. The number of piperidine rings is 2. The van der Waals surface area contributed by atoms with Crippen molar-refractivity contribution in [2.45, 2.75) is 57.2 Å². The van der Waals surface area contributed by atoms with E-state index in [0.717, 1.165) is 30.0 Å². The summed E-state index contributed by atoms with van der Waals surface area (Å²) in [7, 11) is 4.90. The van der Waals surface area contributed by atoms with Crippen LogP contribution in [0.1, 0.15) is 44.1 Å². The number of rotatable bonds is 8. The Bertz CT molecular complexity index is 921. The van der Waals surface area contributed by atoms with Crippen LogP contribution in [0, 0.1) is 5.92 Å². The Morgan fingerprint density at radius 2 is 1.85 bits per heavy atom. The van der Waals surface area contributed by atoms with Gasteiger partial charge in [0.2, 0.25) is 5.91 Å². The van der Waals surface area contributed by atoms with E-state index in [9.17, 15) is 14.4 Å². The van der Waals surface area contributed by atoms with E-state index in [0.29, 0.717) is 30.0 Å². The Hall–Kier alpha value is -2.81. The Morgan fingerprint density at radius 3 is 2.62 bits per heavy atom. The number of fused-ring (bicyclic) bond motifs is 1. The van der Waals surface area contributed by atoms with Crippen molar-refractivity contribution < 1.29 is 23.9 Å². The van der Waals surface area contributed by atoms with Crippen LogP contribution < -0.4 is 14.8 Å². The molecule has 3 unspecified atom stereocenters. The van der Waals surface area contributed by atoms with Crippen LogP contribution in [0.25, 0.3) is 0 Å². The summed E-state index contributed by atoms with van der Waals surface area (Å²) in [6, 6.07) is 4.51. The van der Waals surface area contributed by atoms with E-state index in [1.54, 1.807) is 30.2 Å². The molecule has 9 nitrogen and oxygen atoms in total. The summed E-state index contributed by atoms with van der Waals surface area (Å²) < 4.78 is 10.5. The lowest BCUT2D eigenvalue weighted by molar-refractivity contribution is -0.135. The van der Waals surface area contributed by atoms with Gasteiger partial charge in [0.1, 0.15) is 6.04 Å². The van der Waals surface area contributed by atoms with E-state index in [1.807, 2.05) is 7.05 Å². The zero-order chi connectivity index (χ0) is 24.2. The largest absolute Gasteiger partial charge is 0.493 e. The molecule has 34 heavy (non-hydrogen) atoms. The maximum absolute atomic E-state index is 13.0. The van der Waals surface area contributed by atoms with E-state index in [2.05, 4.69) is 10.2 Å². The molecule has 0 aromatic heterocycles. The lowest BCUT2D eigenvalue weighted by Gasteiger charge is -2.45. The fourth-order valence-corrected chi connectivity index (χ4v) is 5.60. The SMILES string of the molecule is COc1ccc(CN2C(=O)NC(CC(=O)N(C)CC3CCCN4CCCCC34)C2=O)cc1OC. The summed E-state index contributed by atoms with van der Waals surface area (Å²) in [4.78, 5) is 43.9. The average Bonchev–Trinajstić information content (AvgIpc) is 3.11. The molecule has 0 spiro atoms. The fourth-order valence-electron chi connectivity index (χ4n) is 5.60. The lowest BCUT2D eigenvalue weighted by Crippen LogP contribution is -2.51. The van der Waals surface area contributed by atoms with Gasteiger partial charge in [-0.1, -0.05) is 12.5 Å². The second-order valence-corrected chi connectivity index (χ2v) is 9.60. The van der Waals surface area contributed by atoms with Crippen LogP contribution in [0.3, 0.4) is 0 Å². The summed E-state index contributed by atoms with van der Waals surface area (Å²) in [6.45, 7) is 3.13. The summed E-state index contributed by atoms with van der Waals surface area (Å²) >= 11 is 0. The number of nitrogens with one attached hydrogen (secondary N) is 1. The molecule has 0 aliphatic carbocycles. The summed E-state index contributed by atoms with van der Waals surface area (Å²) in [6.07, 6.45) is 6.01. The zero-order valence-electron chi connectivity index (χ0n) is 20.4. The Morgan fingerprint density at radius 1 is 1.09 bits per heavy atom. The number of hydrogen-bond acceptors (Lipinski definition) is 6. The Balaban J connectivity index is 1.33. The molecule has 3 fully saturated rings. The third-order valence-corrected chi connectivity index (χ3v) is 7.44. The smallest absolute Gasteiger partial charge is 0.325 e. The molecule has 1 aromatic rings. The maximum Gasteiger partial charge on any atom is 0.325 e. The van der Waals surface area contributed by atoms with Gasteiger partial charge in [0.15, 0.2) is 11.5 Å². The molecule has 3 aliphatic heterocycles. The van der Waals surface area contributed by atoms with Crippen LogP contribution >= 0.6 is 0 Å². The molecule has 186 valence electrons. The number of carbonyl (C=O) groups excluding carboxylic acids is 3. The van der Waals surface area contributed by atoms with Crippen molar-refractivity contribution >= 4 is 17.8 Å². The molecule has 0 saturated carbocycles. The molecule has 3 heterocycles. The van der Waals surface area contributed by atoms with Gasteiger partial charge >= 0.3 is 6.03 Å². The van der Waals surface area contributed by atoms with Crippen molar-refractivity contribution in [2.75, 3.05) is 40.9 Å². The van der Waals surface area contributed by atoms with Crippen molar-refractivity contribution in [3.05, 3.63) is 23.8 Å². The van der Waals surface area contributed by atoms with Crippen molar-refractivity contribution in [2.24, 2.45) is 5.92 Å². The highest BCUT2D eigenvalue weighted by Crippen LogP contribution is 2.32. The third kappa shape index (κ3) is 5.14. The molecule has 9 heteroatoms. The molecule has 3 aliphatic rings. The van der Waals surface area contributed by atoms with Gasteiger partial charge in [-0.15, -0.1) is 0 Å². The topological polar surface area (TPSA) is 91.4 Å². The number of hydrogen-bond donors (Lipinski definition) is 1. The number of nitrogens with zero attached hydrogens (tertiary/aromatic N) is 3. The van der Waals surface area contributed by atoms with E-state index in [4.69, 9.17) is 9.47 Å². The number of amides is 4. The van der Waals surface area contributed by atoms with Crippen molar-refractivity contribution in [3.63, 3.8) is 0 Å². The van der Waals surface area contributed by atoms with Crippen LogP contribution in [-0.2, 0) is 16.1 Å². The normalized spacial score (nSPS) is 25.0. The van der Waals surface area contributed by atoms with Crippen LogP contribution in [0.15, 0.2) is 18.2 Å². The molecule has 3 saturated heterocycles. The molecule has 3 atom stereocenters. The quantitative estimate of drug-likeness (QED) is 0.584. The molecule has 0 bridgehead atoms. The first-order valence-corrected chi connectivity index (χ1v) is 12.2. The predicted molar refractivity (Wildman–Crippen MR) is 127 cm³/mol. The third-order valence-electron chi connectivity index (χ3n) is 7.44. The van der Waals surface area contributed by atoms with Gasteiger partial charge in [0.25, 0.3) is 5.91 Å². The van der Waals surface area contributed by atoms with Crippen molar-refractivity contribution in [3.8, 4) is 11.5 Å². The first-order valence-electron chi connectivity index (χ1n) is 12.2. The van der Waals surface area contributed by atoms with Gasteiger partial charge in [-0.3, -0.25) is 14.5 Å². The van der Waals surface area contributed by atoms with Crippen molar-refractivity contribution in [1.29, 1.82) is 0 Å². The van der Waals surface area contributed by atoms with Gasteiger partial charge in [0.05, 0.1) is 27.2 Å². The maximum atomic E-state index is 13.0. The monoisotopic (exact) mass is 472 g/mol. The Labute approximate surface area is 201 Å². The summed E-state index contributed by atoms with van der Waals surface area (Å²) in [5, 5.41) is 2.69. The van der Waals surface area contributed by atoms with E-state index in [-0.39, 0.29) is 24.8 Å². The van der Waals surface area contributed by atoms with Gasteiger partial charge in [-0.05, 0) is 62.4 Å². The van der Waals surface area contributed by atoms with Crippen LogP contribution in [-0.4, -0.2) is 85.5 Å². The van der Waals surface area contributed by atoms with Gasteiger partial charge in [-0.25, -0.2) is 4.79 Å². The van der Waals surface area contributed by atoms with Crippen LogP contribution in [0.4, 0.5) is 4.79 Å². The number of benzene rings is 1. The van der Waals surface area contributed by atoms with Gasteiger partial charge in [0, 0.05) is 19.6 Å². The molecule has 1 aromatic carbocycles. The highest BCUT2D eigenvalue weighted by atomic mass is 16.5. The minimum Gasteiger partial charge on any atom is -0.493 e. The second kappa shape index (κ2) is 10.6. The molecule has 1 N–H and O–H groups in total. The number of urea groups is 1. The minimum absolute atomic E-state index is 0.0232. The summed E-state index contributed by atoms with van der Waals surface area (Å²) in [5.41, 5.74) is 0.736. The molecule has 0 radical (unpaired) electrons. The number of carbonyl (C=O) groups is 3. The Kier molecular flexibility index (Phi) is 7.60. The molecular weight excluding hydrogens is 436 g/mol. The fraction of sp³-hybridized carbons (Fsp3) is 0.640. The van der Waals surface area contributed by atoms with Crippen molar-refractivity contribution in [1.82, 2.24) is 20.0 Å². The van der Waals surface area contributed by atoms with Gasteiger partial charge < -0.3 is 24.6 Å². The highest BCUT2D eigenvalue weighted by Gasteiger charge is 2.40. The first kappa shape index (κ1) is 24.3. The molecular formula is C25H36N4O5. The van der Waals surface area contributed by atoms with E-state index >= 15 is 0 Å². The number of methoxy groups -OCH3 is 2. The van der Waals surface area contributed by atoms with Crippen LogP contribution in [0.2, 0.25) is 0 Å². The van der Waals surface area contributed by atoms with Crippen LogP contribution in [0.5, 0.6) is 11.5 Å². The van der Waals surface area contributed by atoms with E-state index < -0.39 is 12.1 Å². The predicted octanol–water partition coefficient (Wildman–Crippen LogP) is 2.24. The van der Waals surface area contributed by atoms with Gasteiger partial charge in [-0.2, -0.15) is 0 Å². The second-order valence-electron chi connectivity index (χ2n) is 9.60. The molecule has 4 rings (SSSR count).